The van der Waals surface area contributed by atoms with E-state index in [1.54, 1.807) is 0 Å². The molecule has 13 heavy (non-hydrogen) atoms. The van der Waals surface area contributed by atoms with E-state index >= 15 is 0 Å². The standard InChI is InChI=1S/C9H17ClN2O/c1-2-12-5-3-4-8(7-12)11-9(13)6-10/h8H,2-7H2,1H3,(H,11,13)/t8-/m1/s1. The average Bonchev–Trinajstić information content (AvgIpc) is 2.18. The summed E-state index contributed by atoms with van der Waals surface area (Å²) in [6, 6.07) is 0.306. The minimum Gasteiger partial charge on any atom is -0.351 e. The lowest BCUT2D eigenvalue weighted by Gasteiger charge is -2.32. The molecule has 1 N–H and O–H groups in total. The number of hydrogen-bond acceptors (Lipinski definition) is 2. The number of likely N-dealkylation sites (tertiary alicyclic amines) is 1. The number of amides is 1. The monoisotopic (exact) mass is 204 g/mol. The van der Waals surface area contributed by atoms with Crippen molar-refractivity contribution in [2.24, 2.45) is 0 Å². The van der Waals surface area contributed by atoms with Crippen molar-refractivity contribution in [3.8, 4) is 0 Å². The van der Waals surface area contributed by atoms with Gasteiger partial charge in [0.1, 0.15) is 5.88 Å². The molecule has 1 atom stereocenters. The van der Waals surface area contributed by atoms with Crippen LogP contribution in [0.15, 0.2) is 0 Å². The lowest BCUT2D eigenvalue weighted by molar-refractivity contribution is -0.119. The molecule has 0 aromatic carbocycles. The van der Waals surface area contributed by atoms with Crippen molar-refractivity contribution in [1.82, 2.24) is 10.2 Å². The van der Waals surface area contributed by atoms with Crippen molar-refractivity contribution in [3.05, 3.63) is 0 Å². The Balaban J connectivity index is 2.29. The van der Waals surface area contributed by atoms with Crippen LogP contribution in [0.5, 0.6) is 0 Å². The van der Waals surface area contributed by atoms with Crippen LogP contribution in [0.3, 0.4) is 0 Å². The van der Waals surface area contributed by atoms with Gasteiger partial charge in [0, 0.05) is 12.6 Å². The Bertz CT molecular complexity index is 175. The van der Waals surface area contributed by atoms with Gasteiger partial charge < -0.3 is 10.2 Å². The van der Waals surface area contributed by atoms with E-state index in [1.165, 1.54) is 6.42 Å². The number of carbonyl (C=O) groups excluding carboxylic acids is 1. The maximum absolute atomic E-state index is 11.0. The first-order valence-electron chi connectivity index (χ1n) is 4.84. The van der Waals surface area contributed by atoms with Gasteiger partial charge in [-0.3, -0.25) is 4.79 Å². The van der Waals surface area contributed by atoms with Gasteiger partial charge in [0.25, 0.3) is 0 Å². The second-order valence-electron chi connectivity index (χ2n) is 3.43. The number of nitrogens with zero attached hydrogens (tertiary/aromatic N) is 1. The highest BCUT2D eigenvalue weighted by atomic mass is 35.5. The third-order valence-electron chi connectivity index (χ3n) is 2.44. The third kappa shape index (κ3) is 3.53. The highest BCUT2D eigenvalue weighted by Gasteiger charge is 2.19. The molecule has 1 amide bonds. The second-order valence-corrected chi connectivity index (χ2v) is 3.70. The van der Waals surface area contributed by atoms with Crippen molar-refractivity contribution >= 4 is 17.5 Å². The van der Waals surface area contributed by atoms with E-state index in [4.69, 9.17) is 11.6 Å². The number of nitrogens with one attached hydrogen (secondary N) is 1. The lowest BCUT2D eigenvalue weighted by Crippen LogP contribution is -2.47. The molecule has 1 aliphatic rings. The highest BCUT2D eigenvalue weighted by molar-refractivity contribution is 6.27. The van der Waals surface area contributed by atoms with E-state index < -0.39 is 0 Å². The normalized spacial score (nSPS) is 24.3. The number of likely N-dealkylation sites (N-methyl/N-ethyl adjacent to an activating group) is 1. The fourth-order valence-electron chi connectivity index (χ4n) is 1.73. The first-order chi connectivity index (χ1) is 6.26. The van der Waals surface area contributed by atoms with Gasteiger partial charge in [-0.25, -0.2) is 0 Å². The molecule has 0 spiro atoms. The third-order valence-corrected chi connectivity index (χ3v) is 2.68. The maximum Gasteiger partial charge on any atom is 0.235 e. The molecule has 0 saturated carbocycles. The van der Waals surface area contributed by atoms with E-state index in [9.17, 15) is 4.79 Å². The van der Waals surface area contributed by atoms with Gasteiger partial charge >= 0.3 is 0 Å². The highest BCUT2D eigenvalue weighted by Crippen LogP contribution is 2.09. The summed E-state index contributed by atoms with van der Waals surface area (Å²) in [4.78, 5) is 13.4. The van der Waals surface area contributed by atoms with E-state index in [0.717, 1.165) is 26.1 Å². The van der Waals surface area contributed by atoms with E-state index in [1.807, 2.05) is 0 Å². The molecule has 0 unspecified atom stereocenters. The van der Waals surface area contributed by atoms with Crippen LogP contribution in [-0.2, 0) is 4.79 Å². The van der Waals surface area contributed by atoms with Gasteiger partial charge in [-0.2, -0.15) is 0 Å². The quantitative estimate of drug-likeness (QED) is 0.691. The van der Waals surface area contributed by atoms with Crippen molar-refractivity contribution < 1.29 is 4.79 Å². The van der Waals surface area contributed by atoms with E-state index in [0.29, 0.717) is 6.04 Å². The smallest absolute Gasteiger partial charge is 0.235 e. The van der Waals surface area contributed by atoms with Crippen LogP contribution < -0.4 is 5.32 Å². The number of alkyl halides is 1. The van der Waals surface area contributed by atoms with E-state index in [-0.39, 0.29) is 11.8 Å². The zero-order chi connectivity index (χ0) is 9.68. The molecule has 0 aromatic heterocycles. The van der Waals surface area contributed by atoms with E-state index in [2.05, 4.69) is 17.1 Å². The predicted octanol–water partition coefficient (Wildman–Crippen LogP) is 0.826. The number of carbonyl (C=O) groups is 1. The second kappa shape index (κ2) is 5.45. The zero-order valence-electron chi connectivity index (χ0n) is 8.05. The van der Waals surface area contributed by atoms with Gasteiger partial charge in [-0.15, -0.1) is 11.6 Å². The Hall–Kier alpha value is -0.280. The molecule has 3 nitrogen and oxygen atoms in total. The largest absolute Gasteiger partial charge is 0.351 e. The summed E-state index contributed by atoms with van der Waals surface area (Å²) in [6.45, 7) is 5.34. The minimum atomic E-state index is -0.0513. The molecule has 1 rings (SSSR count). The topological polar surface area (TPSA) is 32.3 Å². The van der Waals surface area contributed by atoms with Crippen LogP contribution >= 0.6 is 11.6 Å². The van der Waals surface area contributed by atoms with Crippen LogP contribution in [-0.4, -0.2) is 42.4 Å². The maximum atomic E-state index is 11.0. The molecule has 0 bridgehead atoms. The summed E-state index contributed by atoms with van der Waals surface area (Å²) in [5.74, 6) is 0.0208. The Morgan fingerprint density at radius 3 is 3.08 bits per heavy atom. The number of piperidine rings is 1. The number of hydrogen-bond donors (Lipinski definition) is 1. The van der Waals surface area contributed by atoms with Gasteiger partial charge in [0.15, 0.2) is 0 Å². The summed E-state index contributed by atoms with van der Waals surface area (Å²) in [6.07, 6.45) is 2.25. The SMILES string of the molecule is CCN1CCC[C@@H](NC(=O)CCl)C1. The zero-order valence-corrected chi connectivity index (χ0v) is 8.81. The van der Waals surface area contributed by atoms with Crippen molar-refractivity contribution in [2.75, 3.05) is 25.5 Å². The van der Waals surface area contributed by atoms with Crippen molar-refractivity contribution in [3.63, 3.8) is 0 Å². The first kappa shape index (κ1) is 10.8. The minimum absolute atomic E-state index is 0.0513. The molecule has 1 heterocycles. The van der Waals surface area contributed by atoms with Crippen LogP contribution in [0.2, 0.25) is 0 Å². The first-order valence-corrected chi connectivity index (χ1v) is 5.37. The van der Waals surface area contributed by atoms with Crippen molar-refractivity contribution in [2.45, 2.75) is 25.8 Å². The van der Waals surface area contributed by atoms with Gasteiger partial charge in [-0.05, 0) is 25.9 Å². The molecule has 1 fully saturated rings. The molecule has 1 saturated heterocycles. The van der Waals surface area contributed by atoms with Crippen LogP contribution in [0, 0.1) is 0 Å². The summed E-state index contributed by atoms with van der Waals surface area (Å²) < 4.78 is 0. The van der Waals surface area contributed by atoms with Crippen LogP contribution in [0.4, 0.5) is 0 Å². The van der Waals surface area contributed by atoms with Gasteiger partial charge in [-0.1, -0.05) is 6.92 Å². The summed E-state index contributed by atoms with van der Waals surface area (Å²) in [7, 11) is 0. The van der Waals surface area contributed by atoms with Gasteiger partial charge in [0.05, 0.1) is 0 Å². The number of rotatable bonds is 3. The Kier molecular flexibility index (Phi) is 4.53. The number of halogens is 1. The molecule has 1 aliphatic heterocycles. The lowest BCUT2D eigenvalue weighted by atomic mass is 10.1. The predicted molar refractivity (Wildman–Crippen MR) is 54.0 cm³/mol. The van der Waals surface area contributed by atoms with Crippen molar-refractivity contribution in [1.29, 1.82) is 0 Å². The Morgan fingerprint density at radius 2 is 2.46 bits per heavy atom. The summed E-state index contributed by atoms with van der Waals surface area (Å²) in [5, 5.41) is 2.92. The fourth-order valence-corrected chi connectivity index (χ4v) is 1.80. The molecule has 0 aromatic rings. The Morgan fingerprint density at radius 1 is 1.69 bits per heavy atom. The molecule has 0 aliphatic carbocycles. The molecular weight excluding hydrogens is 188 g/mol. The summed E-state index contributed by atoms with van der Waals surface area (Å²) in [5.41, 5.74) is 0. The Labute approximate surface area is 84.4 Å². The summed E-state index contributed by atoms with van der Waals surface area (Å²) >= 11 is 5.42. The molecule has 0 radical (unpaired) electrons. The van der Waals surface area contributed by atoms with Crippen LogP contribution in [0.1, 0.15) is 19.8 Å². The average molecular weight is 205 g/mol. The molecule has 4 heteroatoms. The fraction of sp³-hybridized carbons (Fsp3) is 0.889. The van der Waals surface area contributed by atoms with Crippen LogP contribution in [0.25, 0.3) is 0 Å². The molecular formula is C9H17ClN2O. The van der Waals surface area contributed by atoms with Gasteiger partial charge in [0.2, 0.25) is 5.91 Å². The molecule has 76 valence electrons.